The highest BCUT2D eigenvalue weighted by atomic mass is 15.1. The lowest BCUT2D eigenvalue weighted by molar-refractivity contribution is 0.346. The molecule has 0 unspecified atom stereocenters. The zero-order chi connectivity index (χ0) is 16.1. The first-order chi connectivity index (χ1) is 10.5. The summed E-state index contributed by atoms with van der Waals surface area (Å²) < 4.78 is 0. The SMILES string of the molecule is CC1CCC1.Cc1cc(C#N)ccc1-c1nnc(N)cc1C. The fourth-order valence-corrected chi connectivity index (χ4v) is 2.38. The highest BCUT2D eigenvalue weighted by molar-refractivity contribution is 5.68. The van der Waals surface area contributed by atoms with E-state index in [1.54, 1.807) is 12.1 Å². The summed E-state index contributed by atoms with van der Waals surface area (Å²) in [4.78, 5) is 0. The third-order valence-electron chi connectivity index (χ3n) is 4.01. The summed E-state index contributed by atoms with van der Waals surface area (Å²) in [7, 11) is 0. The fourth-order valence-electron chi connectivity index (χ4n) is 2.38. The second kappa shape index (κ2) is 7.04. The van der Waals surface area contributed by atoms with E-state index in [1.807, 2.05) is 26.0 Å². The molecule has 1 aliphatic carbocycles. The topological polar surface area (TPSA) is 75.6 Å². The van der Waals surface area contributed by atoms with Gasteiger partial charge in [0.05, 0.1) is 17.3 Å². The van der Waals surface area contributed by atoms with Crippen molar-refractivity contribution < 1.29 is 0 Å². The Morgan fingerprint density at radius 2 is 1.82 bits per heavy atom. The zero-order valence-electron chi connectivity index (χ0n) is 13.4. The predicted octanol–water partition coefficient (Wildman–Crippen LogP) is 4.02. The Bertz CT molecular complexity index is 697. The lowest BCUT2D eigenvalue weighted by atomic mass is 9.88. The van der Waals surface area contributed by atoms with Crippen LogP contribution in [0.4, 0.5) is 5.82 Å². The summed E-state index contributed by atoms with van der Waals surface area (Å²) in [5.41, 5.74) is 9.99. The van der Waals surface area contributed by atoms with Crippen molar-refractivity contribution in [2.24, 2.45) is 5.92 Å². The van der Waals surface area contributed by atoms with Gasteiger partial charge in [-0.15, -0.1) is 10.2 Å². The first-order valence-electron chi connectivity index (χ1n) is 7.62. The molecule has 0 radical (unpaired) electrons. The van der Waals surface area contributed by atoms with Crippen molar-refractivity contribution in [3.8, 4) is 17.3 Å². The molecule has 1 aromatic heterocycles. The van der Waals surface area contributed by atoms with E-state index >= 15 is 0 Å². The fraction of sp³-hybridized carbons (Fsp3) is 0.389. The molecule has 1 fully saturated rings. The van der Waals surface area contributed by atoms with Crippen LogP contribution in [-0.4, -0.2) is 10.2 Å². The van der Waals surface area contributed by atoms with Crippen LogP contribution in [-0.2, 0) is 0 Å². The maximum Gasteiger partial charge on any atom is 0.146 e. The van der Waals surface area contributed by atoms with Gasteiger partial charge in [-0.25, -0.2) is 0 Å². The number of anilines is 1. The van der Waals surface area contributed by atoms with E-state index < -0.39 is 0 Å². The summed E-state index contributed by atoms with van der Waals surface area (Å²) in [5.74, 6) is 1.48. The van der Waals surface area contributed by atoms with Crippen LogP contribution in [0.25, 0.3) is 11.3 Å². The number of nitrogen functional groups attached to an aromatic ring is 1. The summed E-state index contributed by atoms with van der Waals surface area (Å²) >= 11 is 0. The molecule has 0 amide bonds. The number of hydrogen-bond acceptors (Lipinski definition) is 4. The first kappa shape index (κ1) is 16.0. The molecule has 22 heavy (non-hydrogen) atoms. The van der Waals surface area contributed by atoms with Crippen LogP contribution in [0.2, 0.25) is 0 Å². The maximum atomic E-state index is 8.82. The Morgan fingerprint density at radius 1 is 1.14 bits per heavy atom. The van der Waals surface area contributed by atoms with Gasteiger partial charge in [-0.3, -0.25) is 0 Å². The molecule has 4 nitrogen and oxygen atoms in total. The molecule has 1 saturated carbocycles. The summed E-state index contributed by atoms with van der Waals surface area (Å²) in [5, 5.41) is 16.8. The largest absolute Gasteiger partial charge is 0.382 e. The molecule has 0 aliphatic heterocycles. The molecule has 0 saturated heterocycles. The molecule has 0 bridgehead atoms. The number of nitrogens with zero attached hydrogens (tertiary/aromatic N) is 3. The number of benzene rings is 1. The molecular formula is C18H22N4. The minimum atomic E-state index is 0.414. The number of nitrogens with two attached hydrogens (primary N) is 1. The van der Waals surface area contributed by atoms with Crippen molar-refractivity contribution in [1.29, 1.82) is 5.26 Å². The van der Waals surface area contributed by atoms with Crippen molar-refractivity contribution in [1.82, 2.24) is 10.2 Å². The van der Waals surface area contributed by atoms with Gasteiger partial charge in [0.1, 0.15) is 5.82 Å². The molecule has 3 rings (SSSR count). The van der Waals surface area contributed by atoms with Gasteiger partial charge in [-0.05, 0) is 49.1 Å². The van der Waals surface area contributed by atoms with Crippen molar-refractivity contribution in [3.05, 3.63) is 41.0 Å². The molecule has 1 aromatic carbocycles. The van der Waals surface area contributed by atoms with Crippen LogP contribution in [0.5, 0.6) is 0 Å². The van der Waals surface area contributed by atoms with Crippen LogP contribution >= 0.6 is 0 Å². The predicted molar refractivity (Wildman–Crippen MR) is 89.1 cm³/mol. The Kier molecular flexibility index (Phi) is 5.11. The second-order valence-electron chi connectivity index (χ2n) is 5.98. The van der Waals surface area contributed by atoms with Gasteiger partial charge < -0.3 is 5.73 Å². The summed E-state index contributed by atoms with van der Waals surface area (Å²) in [6, 6.07) is 9.41. The summed E-state index contributed by atoms with van der Waals surface area (Å²) in [6.07, 6.45) is 4.46. The van der Waals surface area contributed by atoms with Crippen LogP contribution in [0.15, 0.2) is 24.3 Å². The van der Waals surface area contributed by atoms with Crippen LogP contribution in [0.3, 0.4) is 0 Å². The standard InChI is InChI=1S/C13H12N4.C5H10/c1-8-5-10(7-14)3-4-11(8)13-9(2)6-12(15)16-17-13;1-5-3-2-4-5/h3-6H,1-2H3,(H2,15,16);5H,2-4H2,1H3. The van der Waals surface area contributed by atoms with Gasteiger partial charge in [-0.2, -0.15) is 5.26 Å². The molecule has 2 aromatic rings. The summed E-state index contributed by atoms with van der Waals surface area (Å²) in [6.45, 7) is 6.20. The molecule has 1 heterocycles. The van der Waals surface area contributed by atoms with Crippen molar-refractivity contribution in [3.63, 3.8) is 0 Å². The monoisotopic (exact) mass is 294 g/mol. The van der Waals surface area contributed by atoms with Crippen LogP contribution < -0.4 is 5.73 Å². The minimum Gasteiger partial charge on any atom is -0.382 e. The Balaban J connectivity index is 0.000000299. The Labute approximate surface area is 132 Å². The van der Waals surface area contributed by atoms with Crippen LogP contribution in [0, 0.1) is 31.1 Å². The molecule has 2 N–H and O–H groups in total. The third-order valence-corrected chi connectivity index (χ3v) is 4.01. The smallest absolute Gasteiger partial charge is 0.146 e. The normalized spacial score (nSPS) is 13.5. The maximum absolute atomic E-state index is 8.82. The van der Waals surface area contributed by atoms with Gasteiger partial charge in [-0.1, -0.05) is 32.3 Å². The molecule has 1 aliphatic rings. The Morgan fingerprint density at radius 3 is 2.27 bits per heavy atom. The van der Waals surface area contributed by atoms with Crippen molar-refractivity contribution >= 4 is 5.82 Å². The highest BCUT2D eigenvalue weighted by Crippen LogP contribution is 2.25. The van der Waals surface area contributed by atoms with E-state index in [9.17, 15) is 0 Å². The number of aryl methyl sites for hydroxylation is 2. The lowest BCUT2D eigenvalue weighted by Gasteiger charge is -2.18. The van der Waals surface area contributed by atoms with Gasteiger partial charge in [0, 0.05) is 5.56 Å². The van der Waals surface area contributed by atoms with E-state index in [2.05, 4.69) is 23.2 Å². The molecule has 0 spiro atoms. The lowest BCUT2D eigenvalue weighted by Crippen LogP contribution is -2.04. The van der Waals surface area contributed by atoms with E-state index in [-0.39, 0.29) is 0 Å². The quantitative estimate of drug-likeness (QED) is 0.861. The Hall–Kier alpha value is -2.41. The average Bonchev–Trinajstić information content (AvgIpc) is 2.46. The second-order valence-corrected chi connectivity index (χ2v) is 5.98. The van der Waals surface area contributed by atoms with Gasteiger partial charge in [0.25, 0.3) is 0 Å². The van der Waals surface area contributed by atoms with Crippen molar-refractivity contribution in [2.75, 3.05) is 5.73 Å². The number of nitriles is 1. The molecule has 0 atom stereocenters. The van der Waals surface area contributed by atoms with E-state index in [0.717, 1.165) is 28.3 Å². The average molecular weight is 294 g/mol. The molecule has 114 valence electrons. The van der Waals surface area contributed by atoms with Gasteiger partial charge in [0.15, 0.2) is 0 Å². The highest BCUT2D eigenvalue weighted by Gasteiger charge is 2.09. The van der Waals surface area contributed by atoms with Crippen molar-refractivity contribution in [2.45, 2.75) is 40.0 Å². The third kappa shape index (κ3) is 3.82. The minimum absolute atomic E-state index is 0.414. The van der Waals surface area contributed by atoms with E-state index in [0.29, 0.717) is 11.4 Å². The number of aromatic nitrogens is 2. The number of rotatable bonds is 1. The number of hydrogen-bond donors (Lipinski definition) is 1. The van der Waals surface area contributed by atoms with E-state index in [4.69, 9.17) is 11.0 Å². The van der Waals surface area contributed by atoms with Gasteiger partial charge in [0.2, 0.25) is 0 Å². The molecular weight excluding hydrogens is 272 g/mol. The first-order valence-corrected chi connectivity index (χ1v) is 7.62. The van der Waals surface area contributed by atoms with Gasteiger partial charge >= 0.3 is 0 Å². The van der Waals surface area contributed by atoms with Crippen LogP contribution in [0.1, 0.15) is 42.9 Å². The molecule has 4 heteroatoms. The zero-order valence-corrected chi connectivity index (χ0v) is 13.4. The van der Waals surface area contributed by atoms with E-state index in [1.165, 1.54) is 19.3 Å².